The molecule has 0 aromatic heterocycles. The van der Waals surface area contributed by atoms with E-state index < -0.39 is 0 Å². The maximum absolute atomic E-state index is 11.2. The minimum Gasteiger partial charge on any atom is -0.465 e. The molecule has 0 heterocycles. The van der Waals surface area contributed by atoms with E-state index in [1.807, 2.05) is 0 Å². The molecule has 0 rings (SSSR count). The van der Waals surface area contributed by atoms with Gasteiger partial charge in [0.1, 0.15) is 0 Å². The first-order chi connectivity index (χ1) is 7.31. The third-order valence-corrected chi connectivity index (χ3v) is 2.15. The van der Waals surface area contributed by atoms with Crippen molar-refractivity contribution in [2.45, 2.75) is 58.8 Å². The number of carbonyl (C=O) groups excluding carboxylic acids is 1. The highest BCUT2D eigenvalue weighted by Gasteiger charge is 2.00. The third-order valence-electron chi connectivity index (χ3n) is 2.15. The van der Waals surface area contributed by atoms with Crippen molar-refractivity contribution in [3.63, 3.8) is 0 Å². The van der Waals surface area contributed by atoms with Gasteiger partial charge in [-0.3, -0.25) is 4.79 Å². The summed E-state index contributed by atoms with van der Waals surface area (Å²) in [5, 5.41) is 0. The van der Waals surface area contributed by atoms with Crippen molar-refractivity contribution in [2.75, 3.05) is 6.61 Å². The minimum atomic E-state index is -0.0488. The summed E-state index contributed by atoms with van der Waals surface area (Å²) in [4.78, 5) is 11.2. The number of carbonyl (C=O) groups is 1. The Morgan fingerprint density at radius 1 is 1.07 bits per heavy atom. The Labute approximate surface area is 93.7 Å². The van der Waals surface area contributed by atoms with E-state index in [1.54, 1.807) is 0 Å². The van der Waals surface area contributed by atoms with Gasteiger partial charge in [0.25, 0.3) is 0 Å². The zero-order chi connectivity index (χ0) is 11.4. The van der Waals surface area contributed by atoms with E-state index >= 15 is 0 Å². The van der Waals surface area contributed by atoms with Crippen LogP contribution >= 0.6 is 0 Å². The van der Waals surface area contributed by atoms with Gasteiger partial charge in [0, 0.05) is 6.42 Å². The highest BCUT2D eigenvalue weighted by Crippen LogP contribution is 2.01. The molecule has 0 fully saturated rings. The van der Waals surface area contributed by atoms with E-state index in [4.69, 9.17) is 4.74 Å². The molecular formula is C13H24O2. The number of esters is 1. The number of allylic oxidation sites excluding steroid dienone is 1. The first-order valence-corrected chi connectivity index (χ1v) is 6.11. The lowest BCUT2D eigenvalue weighted by Crippen LogP contribution is -2.04. The van der Waals surface area contributed by atoms with E-state index in [-0.39, 0.29) is 5.97 Å². The van der Waals surface area contributed by atoms with Gasteiger partial charge < -0.3 is 4.74 Å². The fourth-order valence-corrected chi connectivity index (χ4v) is 1.23. The maximum atomic E-state index is 11.2. The van der Waals surface area contributed by atoms with Crippen molar-refractivity contribution in [1.82, 2.24) is 0 Å². The Bertz CT molecular complexity index is 173. The Hall–Kier alpha value is -0.790. The smallest absolute Gasteiger partial charge is 0.305 e. The van der Waals surface area contributed by atoms with E-state index in [9.17, 15) is 4.79 Å². The molecule has 0 saturated heterocycles. The van der Waals surface area contributed by atoms with E-state index in [0.29, 0.717) is 13.0 Å². The van der Waals surface area contributed by atoms with Crippen LogP contribution in [0.25, 0.3) is 0 Å². The normalized spacial score (nSPS) is 10.8. The number of hydrogen-bond donors (Lipinski definition) is 0. The van der Waals surface area contributed by atoms with Crippen molar-refractivity contribution in [3.8, 4) is 0 Å². The van der Waals surface area contributed by atoms with E-state index in [1.165, 1.54) is 6.42 Å². The fraction of sp³-hybridized carbons (Fsp3) is 0.769. The largest absolute Gasteiger partial charge is 0.465 e. The van der Waals surface area contributed by atoms with Crippen LogP contribution in [0.3, 0.4) is 0 Å². The van der Waals surface area contributed by atoms with Gasteiger partial charge in [-0.05, 0) is 19.3 Å². The highest BCUT2D eigenvalue weighted by atomic mass is 16.5. The van der Waals surface area contributed by atoms with Gasteiger partial charge in [0.2, 0.25) is 0 Å². The summed E-state index contributed by atoms with van der Waals surface area (Å²) in [6, 6.07) is 0. The quantitative estimate of drug-likeness (QED) is 0.329. The molecule has 0 aliphatic heterocycles. The Morgan fingerprint density at radius 3 is 2.47 bits per heavy atom. The lowest BCUT2D eigenvalue weighted by molar-refractivity contribution is -0.143. The molecule has 15 heavy (non-hydrogen) atoms. The number of unbranched alkanes of at least 4 members (excludes halogenated alkanes) is 3. The topological polar surface area (TPSA) is 26.3 Å². The standard InChI is InChI=1S/C13H24O2/c1-3-5-7-8-10-12-15-13(14)11-9-6-4-2/h7-8H,3-6,9-12H2,1-2H3/b8-7-. The van der Waals surface area contributed by atoms with E-state index in [0.717, 1.165) is 32.1 Å². The third kappa shape index (κ3) is 11.1. The van der Waals surface area contributed by atoms with Crippen LogP contribution in [0.15, 0.2) is 12.2 Å². The summed E-state index contributed by atoms with van der Waals surface area (Å²) >= 11 is 0. The van der Waals surface area contributed by atoms with Gasteiger partial charge in [-0.25, -0.2) is 0 Å². The highest BCUT2D eigenvalue weighted by molar-refractivity contribution is 5.69. The van der Waals surface area contributed by atoms with Crippen LogP contribution < -0.4 is 0 Å². The summed E-state index contributed by atoms with van der Waals surface area (Å²) in [5.41, 5.74) is 0. The molecule has 0 bridgehead atoms. The molecule has 2 heteroatoms. The van der Waals surface area contributed by atoms with Gasteiger partial charge >= 0.3 is 5.97 Å². The maximum Gasteiger partial charge on any atom is 0.305 e. The van der Waals surface area contributed by atoms with Crippen LogP contribution in [-0.4, -0.2) is 12.6 Å². The molecule has 0 N–H and O–H groups in total. The van der Waals surface area contributed by atoms with E-state index in [2.05, 4.69) is 26.0 Å². The van der Waals surface area contributed by atoms with Crippen molar-refractivity contribution in [2.24, 2.45) is 0 Å². The minimum absolute atomic E-state index is 0.0488. The predicted molar refractivity (Wildman–Crippen MR) is 63.8 cm³/mol. The second-order valence-electron chi connectivity index (χ2n) is 3.73. The molecule has 2 nitrogen and oxygen atoms in total. The molecular weight excluding hydrogens is 188 g/mol. The van der Waals surface area contributed by atoms with Gasteiger partial charge in [0.15, 0.2) is 0 Å². The second kappa shape index (κ2) is 11.3. The first-order valence-electron chi connectivity index (χ1n) is 6.11. The SMILES string of the molecule is CCC/C=C\CCOC(=O)CCCCC. The molecule has 0 saturated carbocycles. The van der Waals surface area contributed by atoms with Crippen LogP contribution in [-0.2, 0) is 9.53 Å². The number of rotatable bonds is 9. The van der Waals surface area contributed by atoms with Crippen molar-refractivity contribution in [3.05, 3.63) is 12.2 Å². The lowest BCUT2D eigenvalue weighted by Gasteiger charge is -2.02. The van der Waals surface area contributed by atoms with Gasteiger partial charge in [0.05, 0.1) is 6.61 Å². The average molecular weight is 212 g/mol. The molecule has 0 aromatic carbocycles. The summed E-state index contributed by atoms with van der Waals surface area (Å²) in [7, 11) is 0. The predicted octanol–water partition coefficient (Wildman–Crippen LogP) is 3.86. The molecule has 0 unspecified atom stereocenters. The average Bonchev–Trinajstić information content (AvgIpc) is 2.23. The monoisotopic (exact) mass is 212 g/mol. The fourth-order valence-electron chi connectivity index (χ4n) is 1.23. The number of ether oxygens (including phenoxy) is 1. The Morgan fingerprint density at radius 2 is 1.80 bits per heavy atom. The molecule has 0 amide bonds. The summed E-state index contributed by atoms with van der Waals surface area (Å²) < 4.78 is 5.08. The molecule has 0 radical (unpaired) electrons. The van der Waals surface area contributed by atoms with Gasteiger partial charge in [-0.15, -0.1) is 0 Å². The van der Waals surface area contributed by atoms with Crippen molar-refractivity contribution < 1.29 is 9.53 Å². The van der Waals surface area contributed by atoms with Gasteiger partial charge in [-0.1, -0.05) is 45.3 Å². The molecule has 88 valence electrons. The Balaban J connectivity index is 3.23. The second-order valence-corrected chi connectivity index (χ2v) is 3.73. The number of hydrogen-bond acceptors (Lipinski definition) is 2. The van der Waals surface area contributed by atoms with Crippen LogP contribution in [0.1, 0.15) is 58.8 Å². The molecule has 0 aliphatic rings. The molecule has 0 aliphatic carbocycles. The lowest BCUT2D eigenvalue weighted by atomic mass is 10.2. The summed E-state index contributed by atoms with van der Waals surface area (Å²) in [5.74, 6) is -0.0488. The molecule has 0 atom stereocenters. The van der Waals surface area contributed by atoms with Crippen molar-refractivity contribution in [1.29, 1.82) is 0 Å². The first kappa shape index (κ1) is 14.2. The van der Waals surface area contributed by atoms with Gasteiger partial charge in [-0.2, -0.15) is 0 Å². The Kier molecular flexibility index (Phi) is 10.7. The molecule has 0 spiro atoms. The summed E-state index contributed by atoms with van der Waals surface area (Å²) in [6.07, 6.45) is 11.2. The van der Waals surface area contributed by atoms with Crippen LogP contribution in [0, 0.1) is 0 Å². The van der Waals surface area contributed by atoms with Crippen molar-refractivity contribution >= 4 is 5.97 Å². The van der Waals surface area contributed by atoms with Crippen LogP contribution in [0.5, 0.6) is 0 Å². The van der Waals surface area contributed by atoms with Crippen LogP contribution in [0.4, 0.5) is 0 Å². The zero-order valence-electron chi connectivity index (χ0n) is 10.1. The van der Waals surface area contributed by atoms with Crippen LogP contribution in [0.2, 0.25) is 0 Å². The summed E-state index contributed by atoms with van der Waals surface area (Å²) in [6.45, 7) is 4.81. The zero-order valence-corrected chi connectivity index (χ0v) is 10.1. The molecule has 0 aromatic rings.